The number of aromatic hydroxyl groups is 1. The zero-order chi connectivity index (χ0) is 16.4. The minimum Gasteiger partial charge on any atom is -0.506 e. The Labute approximate surface area is 146 Å². The summed E-state index contributed by atoms with van der Waals surface area (Å²) in [7, 11) is 0. The SMILES string of the molecule is Oc1cccc2cc(-c3ccc(OCCN4CCCC4)cc3)sc12. The van der Waals surface area contributed by atoms with E-state index in [9.17, 15) is 5.11 Å². The summed E-state index contributed by atoms with van der Waals surface area (Å²) in [5, 5.41) is 11.0. The van der Waals surface area contributed by atoms with Crippen molar-refractivity contribution in [2.75, 3.05) is 26.2 Å². The fraction of sp³-hybridized carbons (Fsp3) is 0.300. The van der Waals surface area contributed by atoms with Gasteiger partial charge in [0.05, 0.1) is 4.70 Å². The Morgan fingerprint density at radius 1 is 1.04 bits per heavy atom. The van der Waals surface area contributed by atoms with Crippen molar-refractivity contribution in [1.82, 2.24) is 4.90 Å². The molecule has 4 rings (SSSR count). The Balaban J connectivity index is 1.43. The predicted octanol–water partition coefficient (Wildman–Crippen LogP) is 4.75. The first kappa shape index (κ1) is 15.5. The number of benzene rings is 2. The predicted molar refractivity (Wildman–Crippen MR) is 100 cm³/mol. The van der Waals surface area contributed by atoms with Crippen LogP contribution < -0.4 is 4.74 Å². The lowest BCUT2D eigenvalue weighted by Crippen LogP contribution is -2.25. The number of thiophene rings is 1. The van der Waals surface area contributed by atoms with Crippen LogP contribution in [-0.2, 0) is 0 Å². The molecule has 0 amide bonds. The number of phenolic OH excluding ortho intramolecular Hbond substituents is 1. The van der Waals surface area contributed by atoms with Gasteiger partial charge in [-0.3, -0.25) is 4.90 Å². The van der Waals surface area contributed by atoms with Gasteiger partial charge in [0.1, 0.15) is 18.1 Å². The van der Waals surface area contributed by atoms with E-state index in [1.165, 1.54) is 25.9 Å². The summed E-state index contributed by atoms with van der Waals surface area (Å²) >= 11 is 1.62. The highest BCUT2D eigenvalue weighted by Gasteiger charge is 2.11. The third-order valence-corrected chi connectivity index (χ3v) is 5.76. The van der Waals surface area contributed by atoms with Gasteiger partial charge < -0.3 is 9.84 Å². The van der Waals surface area contributed by atoms with Crippen molar-refractivity contribution in [3.63, 3.8) is 0 Å². The molecule has 1 aliphatic rings. The van der Waals surface area contributed by atoms with Crippen LogP contribution in [0.1, 0.15) is 12.8 Å². The minimum atomic E-state index is 0.352. The monoisotopic (exact) mass is 339 g/mol. The van der Waals surface area contributed by atoms with Crippen molar-refractivity contribution in [1.29, 1.82) is 0 Å². The molecule has 1 aliphatic heterocycles. The molecule has 1 N–H and O–H groups in total. The van der Waals surface area contributed by atoms with Crippen molar-refractivity contribution >= 4 is 21.4 Å². The molecule has 2 heterocycles. The molecule has 0 aliphatic carbocycles. The molecular formula is C20H21NO2S. The molecule has 0 spiro atoms. The van der Waals surface area contributed by atoms with Crippen molar-refractivity contribution in [3.05, 3.63) is 48.5 Å². The molecule has 0 unspecified atom stereocenters. The largest absolute Gasteiger partial charge is 0.506 e. The van der Waals surface area contributed by atoms with Gasteiger partial charge in [-0.05, 0) is 73.3 Å². The highest BCUT2D eigenvalue weighted by atomic mass is 32.1. The summed E-state index contributed by atoms with van der Waals surface area (Å²) < 4.78 is 6.80. The molecule has 124 valence electrons. The smallest absolute Gasteiger partial charge is 0.133 e. The van der Waals surface area contributed by atoms with Gasteiger partial charge in [-0.15, -0.1) is 11.3 Å². The van der Waals surface area contributed by atoms with E-state index in [0.29, 0.717) is 5.75 Å². The van der Waals surface area contributed by atoms with Crippen LogP contribution in [0.25, 0.3) is 20.5 Å². The molecule has 1 fully saturated rings. The molecule has 0 radical (unpaired) electrons. The lowest BCUT2D eigenvalue weighted by molar-refractivity contribution is 0.238. The van der Waals surface area contributed by atoms with Crippen LogP contribution in [0.4, 0.5) is 0 Å². The second-order valence-electron chi connectivity index (χ2n) is 6.23. The van der Waals surface area contributed by atoms with Crippen LogP contribution in [0.2, 0.25) is 0 Å². The topological polar surface area (TPSA) is 32.7 Å². The van der Waals surface area contributed by atoms with Crippen LogP contribution >= 0.6 is 11.3 Å². The standard InChI is InChI=1S/C20H21NO2S/c22-18-5-3-4-16-14-19(24-20(16)18)15-6-8-17(9-7-15)23-13-12-21-10-1-2-11-21/h3-9,14,22H,1-2,10-13H2. The zero-order valence-corrected chi connectivity index (χ0v) is 14.4. The molecule has 0 atom stereocenters. The molecule has 0 bridgehead atoms. The first-order valence-electron chi connectivity index (χ1n) is 8.47. The highest BCUT2D eigenvalue weighted by molar-refractivity contribution is 7.22. The first-order chi connectivity index (χ1) is 11.8. The van der Waals surface area contributed by atoms with E-state index in [0.717, 1.165) is 39.4 Å². The molecule has 4 heteroatoms. The molecule has 1 saturated heterocycles. The Morgan fingerprint density at radius 3 is 2.58 bits per heavy atom. The number of nitrogens with zero attached hydrogens (tertiary/aromatic N) is 1. The molecule has 3 aromatic rings. The van der Waals surface area contributed by atoms with E-state index in [1.54, 1.807) is 17.4 Å². The van der Waals surface area contributed by atoms with E-state index < -0.39 is 0 Å². The second-order valence-corrected chi connectivity index (χ2v) is 7.28. The summed E-state index contributed by atoms with van der Waals surface area (Å²) in [5.74, 6) is 1.27. The number of rotatable bonds is 5. The quantitative estimate of drug-likeness (QED) is 0.728. The van der Waals surface area contributed by atoms with Gasteiger partial charge in [-0.2, -0.15) is 0 Å². The second kappa shape index (κ2) is 6.83. The third kappa shape index (κ3) is 3.25. The normalized spacial score (nSPS) is 15.2. The number of fused-ring (bicyclic) bond motifs is 1. The van der Waals surface area contributed by atoms with Crippen LogP contribution in [-0.4, -0.2) is 36.2 Å². The fourth-order valence-electron chi connectivity index (χ4n) is 3.20. The maximum Gasteiger partial charge on any atom is 0.133 e. The average Bonchev–Trinajstić information content (AvgIpc) is 3.25. The lowest BCUT2D eigenvalue weighted by Gasteiger charge is -2.14. The number of hydrogen-bond acceptors (Lipinski definition) is 4. The maximum absolute atomic E-state index is 9.95. The number of likely N-dealkylation sites (tertiary alicyclic amines) is 1. The van der Waals surface area contributed by atoms with Gasteiger partial charge in [-0.1, -0.05) is 12.1 Å². The summed E-state index contributed by atoms with van der Waals surface area (Å²) in [6, 6.07) is 16.0. The highest BCUT2D eigenvalue weighted by Crippen LogP contribution is 2.38. The number of ether oxygens (including phenoxy) is 1. The van der Waals surface area contributed by atoms with Gasteiger partial charge in [-0.25, -0.2) is 0 Å². The summed E-state index contributed by atoms with van der Waals surface area (Å²) in [6.45, 7) is 4.18. The zero-order valence-electron chi connectivity index (χ0n) is 13.6. The Bertz CT molecular complexity index is 819. The van der Waals surface area contributed by atoms with Gasteiger partial charge >= 0.3 is 0 Å². The van der Waals surface area contributed by atoms with Crippen molar-refractivity contribution < 1.29 is 9.84 Å². The number of phenols is 1. The van der Waals surface area contributed by atoms with E-state index in [1.807, 2.05) is 24.3 Å². The average molecular weight is 339 g/mol. The first-order valence-corrected chi connectivity index (χ1v) is 9.28. The van der Waals surface area contributed by atoms with Crippen molar-refractivity contribution in [2.45, 2.75) is 12.8 Å². The van der Waals surface area contributed by atoms with E-state index >= 15 is 0 Å². The van der Waals surface area contributed by atoms with E-state index in [4.69, 9.17) is 4.74 Å². The van der Waals surface area contributed by atoms with E-state index in [2.05, 4.69) is 23.1 Å². The van der Waals surface area contributed by atoms with Crippen LogP contribution in [0.5, 0.6) is 11.5 Å². The third-order valence-electron chi connectivity index (χ3n) is 4.54. The fourth-order valence-corrected chi connectivity index (χ4v) is 4.28. The van der Waals surface area contributed by atoms with Crippen molar-refractivity contribution in [3.8, 4) is 21.9 Å². The molecule has 3 nitrogen and oxygen atoms in total. The van der Waals surface area contributed by atoms with Crippen LogP contribution in [0, 0.1) is 0 Å². The Kier molecular flexibility index (Phi) is 4.41. The number of hydrogen-bond donors (Lipinski definition) is 1. The Morgan fingerprint density at radius 2 is 1.83 bits per heavy atom. The van der Waals surface area contributed by atoms with E-state index in [-0.39, 0.29) is 0 Å². The van der Waals surface area contributed by atoms with Gasteiger partial charge in [0.25, 0.3) is 0 Å². The molecule has 1 aromatic heterocycles. The van der Waals surface area contributed by atoms with Gasteiger partial charge in [0.2, 0.25) is 0 Å². The molecule has 2 aromatic carbocycles. The minimum absolute atomic E-state index is 0.352. The van der Waals surface area contributed by atoms with Crippen LogP contribution in [0.3, 0.4) is 0 Å². The summed E-state index contributed by atoms with van der Waals surface area (Å²) in [6.07, 6.45) is 2.64. The van der Waals surface area contributed by atoms with Crippen molar-refractivity contribution in [2.24, 2.45) is 0 Å². The molecular weight excluding hydrogens is 318 g/mol. The molecule has 0 saturated carbocycles. The molecule has 24 heavy (non-hydrogen) atoms. The summed E-state index contributed by atoms with van der Waals surface area (Å²) in [5.41, 5.74) is 1.16. The van der Waals surface area contributed by atoms with Gasteiger partial charge in [0.15, 0.2) is 0 Å². The van der Waals surface area contributed by atoms with Gasteiger partial charge in [0, 0.05) is 11.4 Å². The maximum atomic E-state index is 9.95. The lowest BCUT2D eigenvalue weighted by atomic mass is 10.1. The van der Waals surface area contributed by atoms with Crippen LogP contribution in [0.15, 0.2) is 48.5 Å². The Hall–Kier alpha value is -2.04. The summed E-state index contributed by atoms with van der Waals surface area (Å²) in [4.78, 5) is 3.62.